The van der Waals surface area contributed by atoms with Crippen molar-refractivity contribution in [3.63, 3.8) is 0 Å². The fraction of sp³-hybridized carbons (Fsp3) is 0.457. The Morgan fingerprint density at radius 2 is 0.961 bits per heavy atom. The number of nitrogens with zero attached hydrogens (tertiary/aromatic N) is 2. The second-order valence-corrected chi connectivity index (χ2v) is 15.2. The monoisotopic (exact) mass is 685 g/mol. The van der Waals surface area contributed by atoms with Gasteiger partial charge in [0.1, 0.15) is 12.0 Å². The van der Waals surface area contributed by atoms with Gasteiger partial charge >= 0.3 is 0 Å². The van der Waals surface area contributed by atoms with E-state index in [2.05, 4.69) is 107 Å². The minimum Gasteiger partial charge on any atom is -0.378 e. The molecule has 0 amide bonds. The van der Waals surface area contributed by atoms with Gasteiger partial charge in [0.15, 0.2) is 0 Å². The first-order chi connectivity index (χ1) is 25.0. The van der Waals surface area contributed by atoms with Crippen LogP contribution in [0.2, 0.25) is 0 Å². The van der Waals surface area contributed by atoms with Crippen molar-refractivity contribution in [3.8, 4) is 0 Å². The van der Waals surface area contributed by atoms with Gasteiger partial charge in [0.2, 0.25) is 0 Å². The zero-order valence-corrected chi connectivity index (χ0v) is 30.7. The van der Waals surface area contributed by atoms with E-state index in [1.165, 1.54) is 44.9 Å². The Bertz CT molecular complexity index is 1530. The third kappa shape index (κ3) is 8.08. The van der Waals surface area contributed by atoms with Gasteiger partial charge in [-0.05, 0) is 92.9 Å². The molecule has 3 unspecified atom stereocenters. The van der Waals surface area contributed by atoms with Crippen molar-refractivity contribution in [1.82, 2.24) is 9.80 Å². The second-order valence-electron chi connectivity index (χ2n) is 15.2. The van der Waals surface area contributed by atoms with Crippen LogP contribution in [0, 0.1) is 11.8 Å². The standard InChI is InChI=1S/C46H59N3O2/c1-37(50)45(38-21-11-7-12-22-38,39-23-13-8-14-24-39)42-29-33-48(35-42)31-19-5-3-2-4-6-20-32-49-34-30-43(36-49)46(44(47)51,40-25-15-9-16-26-40)41-27-17-10-18-28-41/h7-18,21-28,42-44,51H,2-6,19-20,29-36,47H2,1H3. The van der Waals surface area contributed by atoms with E-state index in [4.69, 9.17) is 5.73 Å². The van der Waals surface area contributed by atoms with Crippen molar-refractivity contribution < 1.29 is 9.90 Å². The highest BCUT2D eigenvalue weighted by atomic mass is 16.3. The molecule has 0 radical (unpaired) electrons. The van der Waals surface area contributed by atoms with E-state index in [0.717, 1.165) is 74.4 Å². The number of carbonyl (C=O) groups is 1. The number of unbranched alkanes of at least 4 members (excludes halogenated alkanes) is 6. The summed E-state index contributed by atoms with van der Waals surface area (Å²) < 4.78 is 0. The maximum atomic E-state index is 13.6. The molecule has 2 aliphatic rings. The second kappa shape index (κ2) is 17.7. The van der Waals surface area contributed by atoms with Crippen LogP contribution in [0.15, 0.2) is 121 Å². The molecule has 2 saturated heterocycles. The van der Waals surface area contributed by atoms with Gasteiger partial charge in [0, 0.05) is 13.1 Å². The molecule has 5 heteroatoms. The quantitative estimate of drug-likeness (QED) is 0.0817. The molecule has 3 N–H and O–H groups in total. The van der Waals surface area contributed by atoms with E-state index >= 15 is 0 Å². The topological polar surface area (TPSA) is 69.8 Å². The number of Topliss-reactive ketones (excluding diaryl/α,β-unsaturated/α-hetero) is 1. The van der Waals surface area contributed by atoms with E-state index in [0.29, 0.717) is 0 Å². The molecular formula is C46H59N3O2. The number of hydrogen-bond acceptors (Lipinski definition) is 5. The van der Waals surface area contributed by atoms with Crippen molar-refractivity contribution in [2.75, 3.05) is 39.3 Å². The van der Waals surface area contributed by atoms with E-state index in [9.17, 15) is 9.90 Å². The summed E-state index contributed by atoms with van der Waals surface area (Å²) in [6, 6.07) is 41.8. The summed E-state index contributed by atoms with van der Waals surface area (Å²) in [5.41, 5.74) is 9.74. The number of nitrogens with two attached hydrogens (primary N) is 1. The molecule has 270 valence electrons. The fourth-order valence-corrected chi connectivity index (χ4v) is 9.73. The average molecular weight is 686 g/mol. The third-order valence-corrected chi connectivity index (χ3v) is 12.2. The summed E-state index contributed by atoms with van der Waals surface area (Å²) in [7, 11) is 0. The van der Waals surface area contributed by atoms with Gasteiger partial charge in [-0.1, -0.05) is 153 Å². The van der Waals surface area contributed by atoms with Crippen LogP contribution in [0.4, 0.5) is 0 Å². The zero-order valence-electron chi connectivity index (χ0n) is 30.7. The Kier molecular flexibility index (Phi) is 12.9. The van der Waals surface area contributed by atoms with Crippen molar-refractivity contribution in [2.45, 2.75) is 81.8 Å². The average Bonchev–Trinajstić information content (AvgIpc) is 3.84. The van der Waals surface area contributed by atoms with E-state index in [-0.39, 0.29) is 17.6 Å². The molecule has 2 aliphatic heterocycles. The molecule has 0 saturated carbocycles. The zero-order chi connectivity index (χ0) is 35.5. The number of rotatable bonds is 18. The van der Waals surface area contributed by atoms with Crippen LogP contribution in [0.1, 0.15) is 87.0 Å². The molecular weight excluding hydrogens is 627 g/mol. The number of aliphatic hydroxyl groups excluding tert-OH is 1. The summed E-state index contributed by atoms with van der Waals surface area (Å²) in [5, 5.41) is 11.2. The lowest BCUT2D eigenvalue weighted by Crippen LogP contribution is -2.52. The predicted octanol–water partition coefficient (Wildman–Crippen LogP) is 8.20. The SMILES string of the molecule is CC(=O)C(c1ccccc1)(c1ccccc1)C1CCN(CCCCCCCCCN2CCC(C(c3ccccc3)(c3ccccc3)C(N)O)C2)C1. The van der Waals surface area contributed by atoms with Crippen molar-refractivity contribution >= 4 is 5.78 Å². The lowest BCUT2D eigenvalue weighted by Gasteiger charge is -2.42. The molecule has 5 nitrogen and oxygen atoms in total. The van der Waals surface area contributed by atoms with E-state index in [1.54, 1.807) is 6.92 Å². The van der Waals surface area contributed by atoms with Crippen LogP contribution in [-0.2, 0) is 15.6 Å². The van der Waals surface area contributed by atoms with Gasteiger partial charge in [0.25, 0.3) is 0 Å². The molecule has 4 aromatic rings. The van der Waals surface area contributed by atoms with Gasteiger partial charge in [0.05, 0.1) is 10.8 Å². The predicted molar refractivity (Wildman–Crippen MR) is 210 cm³/mol. The summed E-state index contributed by atoms with van der Waals surface area (Å²) in [6.07, 6.45) is 9.97. The van der Waals surface area contributed by atoms with Crippen molar-refractivity contribution in [1.29, 1.82) is 0 Å². The molecule has 51 heavy (non-hydrogen) atoms. The molecule has 3 atom stereocenters. The summed E-state index contributed by atoms with van der Waals surface area (Å²) in [5.74, 6) is 0.779. The number of benzene rings is 4. The highest BCUT2D eigenvalue weighted by molar-refractivity contribution is 5.92. The summed E-state index contributed by atoms with van der Waals surface area (Å²) in [4.78, 5) is 18.8. The van der Waals surface area contributed by atoms with Crippen LogP contribution in [-0.4, -0.2) is 66.2 Å². The summed E-state index contributed by atoms with van der Waals surface area (Å²) in [6.45, 7) is 8.08. The van der Waals surface area contributed by atoms with Crippen LogP contribution >= 0.6 is 0 Å². The van der Waals surface area contributed by atoms with Gasteiger partial charge in [-0.2, -0.15) is 0 Å². The van der Waals surface area contributed by atoms with E-state index in [1.807, 2.05) is 24.3 Å². The molecule has 2 heterocycles. The first-order valence-corrected chi connectivity index (χ1v) is 19.6. The van der Waals surface area contributed by atoms with Gasteiger partial charge in [-0.25, -0.2) is 0 Å². The Morgan fingerprint density at radius 3 is 1.35 bits per heavy atom. The number of aliphatic hydroxyl groups is 1. The maximum absolute atomic E-state index is 13.6. The molecule has 0 aromatic heterocycles. The van der Waals surface area contributed by atoms with Gasteiger partial charge in [-0.15, -0.1) is 0 Å². The van der Waals surface area contributed by atoms with Crippen molar-refractivity contribution in [2.24, 2.45) is 17.6 Å². The van der Waals surface area contributed by atoms with Crippen molar-refractivity contribution in [3.05, 3.63) is 144 Å². The molecule has 0 bridgehead atoms. The largest absolute Gasteiger partial charge is 0.378 e. The molecule has 0 aliphatic carbocycles. The Balaban J connectivity index is 0.921. The van der Waals surface area contributed by atoms with Crippen LogP contribution < -0.4 is 5.73 Å². The molecule has 4 aromatic carbocycles. The van der Waals surface area contributed by atoms with Gasteiger partial charge < -0.3 is 20.6 Å². The van der Waals surface area contributed by atoms with Crippen LogP contribution in [0.25, 0.3) is 0 Å². The maximum Gasteiger partial charge on any atom is 0.145 e. The first-order valence-electron chi connectivity index (χ1n) is 19.6. The number of ketones is 1. The molecule has 6 rings (SSSR count). The van der Waals surface area contributed by atoms with Crippen LogP contribution in [0.5, 0.6) is 0 Å². The first kappa shape index (κ1) is 37.2. The highest BCUT2D eigenvalue weighted by Crippen LogP contribution is 2.46. The minimum absolute atomic E-state index is 0.248. The lowest BCUT2D eigenvalue weighted by atomic mass is 9.63. The van der Waals surface area contributed by atoms with Gasteiger partial charge in [-0.3, -0.25) is 4.79 Å². The highest BCUT2D eigenvalue weighted by Gasteiger charge is 2.49. The Labute approximate surface area is 306 Å². The van der Waals surface area contributed by atoms with Crippen LogP contribution in [0.3, 0.4) is 0 Å². The minimum atomic E-state index is -0.975. The number of hydrogen-bond donors (Lipinski definition) is 2. The third-order valence-electron chi connectivity index (χ3n) is 12.2. The number of carbonyl (C=O) groups excluding carboxylic acids is 1. The fourth-order valence-electron chi connectivity index (χ4n) is 9.73. The Hall–Kier alpha value is -3.61. The smallest absolute Gasteiger partial charge is 0.145 e. The molecule has 2 fully saturated rings. The molecule has 0 spiro atoms. The Morgan fingerprint density at radius 1 is 0.608 bits per heavy atom. The lowest BCUT2D eigenvalue weighted by molar-refractivity contribution is -0.122. The van der Waals surface area contributed by atoms with E-state index < -0.39 is 17.1 Å². The normalized spacial score (nSPS) is 19.4. The summed E-state index contributed by atoms with van der Waals surface area (Å²) >= 11 is 0. The number of likely N-dealkylation sites (tertiary alicyclic amines) is 2.